The zero-order valence-corrected chi connectivity index (χ0v) is 20.2. The van der Waals surface area contributed by atoms with Crippen LogP contribution < -0.4 is 15.0 Å². The fourth-order valence-electron chi connectivity index (χ4n) is 4.45. The molecule has 1 aliphatic rings. The smallest absolute Gasteiger partial charge is 0.323 e. The summed E-state index contributed by atoms with van der Waals surface area (Å²) < 4.78 is 11.4. The Morgan fingerprint density at radius 1 is 0.946 bits per heavy atom. The number of carbonyl (C=O) groups excluding carboxylic acids is 1. The van der Waals surface area contributed by atoms with Gasteiger partial charge in [0, 0.05) is 52.6 Å². The summed E-state index contributed by atoms with van der Waals surface area (Å²) in [5, 5.41) is 5.63. The Hall–Kier alpha value is -4.50. The molecule has 1 fully saturated rings. The maximum absolute atomic E-state index is 10.9. The van der Waals surface area contributed by atoms with Gasteiger partial charge in [0.1, 0.15) is 6.29 Å². The van der Waals surface area contributed by atoms with Crippen LogP contribution in [0.4, 0.5) is 17.6 Å². The van der Waals surface area contributed by atoms with E-state index in [4.69, 9.17) is 9.47 Å². The van der Waals surface area contributed by atoms with Crippen molar-refractivity contribution in [3.05, 3.63) is 77.9 Å². The lowest BCUT2D eigenvalue weighted by molar-refractivity contribution is 0.112. The maximum atomic E-state index is 10.9. The molecule has 0 spiro atoms. The summed E-state index contributed by atoms with van der Waals surface area (Å²) in [5.74, 6) is 0.973. The Morgan fingerprint density at radius 3 is 2.59 bits per heavy atom. The molecule has 3 aromatic carbocycles. The number of aromatic amines is 1. The molecule has 2 aromatic heterocycles. The van der Waals surface area contributed by atoms with E-state index in [1.807, 2.05) is 30.3 Å². The third kappa shape index (κ3) is 5.07. The Bertz CT molecular complexity index is 1540. The van der Waals surface area contributed by atoms with E-state index in [9.17, 15) is 4.79 Å². The molecule has 0 saturated carbocycles. The highest BCUT2D eigenvalue weighted by Gasteiger charge is 2.18. The predicted octanol–water partition coefficient (Wildman–Crippen LogP) is 4.52. The van der Waals surface area contributed by atoms with Crippen LogP contribution in [0.25, 0.3) is 21.8 Å². The average molecular weight is 495 g/mol. The number of rotatable bonds is 8. The normalized spacial score (nSPS) is 13.7. The van der Waals surface area contributed by atoms with Crippen molar-refractivity contribution in [1.82, 2.24) is 19.9 Å². The topological polar surface area (TPSA) is 105 Å². The van der Waals surface area contributed by atoms with Gasteiger partial charge in [-0.05, 0) is 29.8 Å². The van der Waals surface area contributed by atoms with Crippen LogP contribution in [0.5, 0.6) is 6.01 Å². The number of ether oxygens (including phenoxy) is 2. The standard InChI is InChI=1S/C28H26N6O3/c35-18-20-7-5-19(6-8-20)11-14-37-28-32-26(31-27(33-28)34-12-15-36-16-13-34)29-21-9-10-25-23(17-21)22-3-1-2-4-24(22)30-25/h1-10,17-18,30H,11-16H2,(H,29,31,32,33). The second kappa shape index (κ2) is 10.2. The minimum absolute atomic E-state index is 0.261. The molecule has 0 aliphatic carbocycles. The minimum Gasteiger partial charge on any atom is -0.463 e. The molecule has 0 atom stereocenters. The van der Waals surface area contributed by atoms with Crippen LogP contribution in [0, 0.1) is 0 Å². The molecular formula is C28H26N6O3. The quantitative estimate of drug-likeness (QED) is 0.304. The van der Waals surface area contributed by atoms with Gasteiger partial charge in [0.05, 0.1) is 19.8 Å². The number of morpholine rings is 1. The SMILES string of the molecule is O=Cc1ccc(CCOc2nc(Nc3ccc4[nH]c5ccccc5c4c3)nc(N3CCOCC3)n2)cc1. The number of hydrogen-bond donors (Lipinski definition) is 2. The maximum Gasteiger partial charge on any atom is 0.323 e. The Balaban J connectivity index is 1.25. The summed E-state index contributed by atoms with van der Waals surface area (Å²) in [6, 6.07) is 22.1. The van der Waals surface area contributed by atoms with E-state index in [-0.39, 0.29) is 6.01 Å². The molecule has 1 aliphatic heterocycles. The number of carbonyl (C=O) groups is 1. The first-order valence-electron chi connectivity index (χ1n) is 12.3. The molecule has 3 heterocycles. The van der Waals surface area contributed by atoms with E-state index in [2.05, 4.69) is 54.4 Å². The number of para-hydroxylation sites is 1. The van der Waals surface area contributed by atoms with Crippen LogP contribution in [-0.2, 0) is 11.2 Å². The number of nitrogens with one attached hydrogen (secondary N) is 2. The third-order valence-corrected chi connectivity index (χ3v) is 6.40. The number of nitrogens with zero attached hydrogens (tertiary/aromatic N) is 4. The number of hydrogen-bond acceptors (Lipinski definition) is 8. The van der Waals surface area contributed by atoms with Crippen molar-refractivity contribution in [2.24, 2.45) is 0 Å². The predicted molar refractivity (Wildman–Crippen MR) is 143 cm³/mol. The van der Waals surface area contributed by atoms with Crippen molar-refractivity contribution < 1.29 is 14.3 Å². The number of H-pyrrole nitrogens is 1. The van der Waals surface area contributed by atoms with Gasteiger partial charge in [-0.2, -0.15) is 15.0 Å². The van der Waals surface area contributed by atoms with Gasteiger partial charge in [-0.3, -0.25) is 4.79 Å². The lowest BCUT2D eigenvalue weighted by atomic mass is 10.1. The number of anilines is 3. The Kier molecular flexibility index (Phi) is 6.35. The van der Waals surface area contributed by atoms with E-state index in [0.29, 0.717) is 56.8 Å². The summed E-state index contributed by atoms with van der Waals surface area (Å²) in [7, 11) is 0. The largest absolute Gasteiger partial charge is 0.463 e. The van der Waals surface area contributed by atoms with Gasteiger partial charge < -0.3 is 24.7 Å². The van der Waals surface area contributed by atoms with Gasteiger partial charge in [0.2, 0.25) is 11.9 Å². The minimum atomic E-state index is 0.261. The molecule has 2 N–H and O–H groups in total. The van der Waals surface area contributed by atoms with E-state index < -0.39 is 0 Å². The monoisotopic (exact) mass is 494 g/mol. The molecule has 9 nitrogen and oxygen atoms in total. The van der Waals surface area contributed by atoms with Crippen molar-refractivity contribution in [3.63, 3.8) is 0 Å². The first-order valence-corrected chi connectivity index (χ1v) is 12.3. The second-order valence-electron chi connectivity index (χ2n) is 8.85. The number of fused-ring (bicyclic) bond motifs is 3. The van der Waals surface area contributed by atoms with Gasteiger partial charge in [-0.15, -0.1) is 0 Å². The molecular weight excluding hydrogens is 468 g/mol. The lowest BCUT2D eigenvalue weighted by Gasteiger charge is -2.27. The Labute approximate surface area is 213 Å². The van der Waals surface area contributed by atoms with Gasteiger partial charge in [0.25, 0.3) is 0 Å². The van der Waals surface area contributed by atoms with Gasteiger partial charge in [0.15, 0.2) is 0 Å². The molecule has 0 amide bonds. The van der Waals surface area contributed by atoms with Gasteiger partial charge in [-0.25, -0.2) is 0 Å². The molecule has 0 unspecified atom stereocenters. The van der Waals surface area contributed by atoms with E-state index in [1.54, 1.807) is 12.1 Å². The third-order valence-electron chi connectivity index (χ3n) is 6.40. The van der Waals surface area contributed by atoms with Crippen molar-refractivity contribution in [3.8, 4) is 6.01 Å². The van der Waals surface area contributed by atoms with Crippen LogP contribution in [-0.4, -0.2) is 59.1 Å². The van der Waals surface area contributed by atoms with Gasteiger partial charge >= 0.3 is 6.01 Å². The average Bonchev–Trinajstić information content (AvgIpc) is 3.32. The summed E-state index contributed by atoms with van der Waals surface area (Å²) in [5.41, 5.74) is 4.76. The van der Waals surface area contributed by atoms with Crippen LogP contribution in [0.3, 0.4) is 0 Å². The number of aromatic nitrogens is 4. The molecule has 9 heteroatoms. The fraction of sp³-hybridized carbons (Fsp3) is 0.214. The van der Waals surface area contributed by atoms with Crippen LogP contribution >= 0.6 is 0 Å². The summed E-state index contributed by atoms with van der Waals surface area (Å²) >= 11 is 0. The van der Waals surface area contributed by atoms with Gasteiger partial charge in [-0.1, -0.05) is 42.5 Å². The van der Waals surface area contributed by atoms with E-state index >= 15 is 0 Å². The van der Waals surface area contributed by atoms with E-state index in [1.165, 1.54) is 0 Å². The van der Waals surface area contributed by atoms with Crippen LogP contribution in [0.2, 0.25) is 0 Å². The van der Waals surface area contributed by atoms with Crippen molar-refractivity contribution in [1.29, 1.82) is 0 Å². The Morgan fingerprint density at radius 2 is 1.76 bits per heavy atom. The molecule has 1 saturated heterocycles. The highest BCUT2D eigenvalue weighted by molar-refractivity contribution is 6.08. The molecule has 6 rings (SSSR count). The highest BCUT2D eigenvalue weighted by Crippen LogP contribution is 2.29. The zero-order valence-electron chi connectivity index (χ0n) is 20.2. The lowest BCUT2D eigenvalue weighted by Crippen LogP contribution is -2.37. The molecule has 37 heavy (non-hydrogen) atoms. The molecule has 186 valence electrons. The molecule has 0 bridgehead atoms. The number of benzene rings is 3. The highest BCUT2D eigenvalue weighted by atomic mass is 16.5. The second-order valence-corrected chi connectivity index (χ2v) is 8.85. The first-order chi connectivity index (χ1) is 18.2. The number of aldehydes is 1. The first kappa shape index (κ1) is 22.9. The fourth-order valence-corrected chi connectivity index (χ4v) is 4.45. The van der Waals surface area contributed by atoms with Crippen molar-refractivity contribution in [2.45, 2.75) is 6.42 Å². The van der Waals surface area contributed by atoms with Crippen molar-refractivity contribution in [2.75, 3.05) is 43.1 Å². The van der Waals surface area contributed by atoms with E-state index in [0.717, 1.165) is 39.3 Å². The molecule has 0 radical (unpaired) electrons. The van der Waals surface area contributed by atoms with Crippen LogP contribution in [0.15, 0.2) is 66.7 Å². The summed E-state index contributed by atoms with van der Waals surface area (Å²) in [6.07, 6.45) is 1.50. The van der Waals surface area contributed by atoms with Crippen LogP contribution in [0.1, 0.15) is 15.9 Å². The molecule has 5 aromatic rings. The zero-order chi connectivity index (χ0) is 25.0. The summed E-state index contributed by atoms with van der Waals surface area (Å²) in [6.45, 7) is 3.05. The summed E-state index contributed by atoms with van der Waals surface area (Å²) in [4.78, 5) is 30.2. The van der Waals surface area contributed by atoms with Crippen molar-refractivity contribution >= 4 is 45.7 Å².